The van der Waals surface area contributed by atoms with Crippen molar-refractivity contribution < 1.29 is 4.74 Å². The molecule has 0 unspecified atom stereocenters. The van der Waals surface area contributed by atoms with Gasteiger partial charge in [-0.1, -0.05) is 182 Å². The highest BCUT2D eigenvalue weighted by Crippen LogP contribution is 2.52. The first kappa shape index (κ1) is 49.9. The molecular formula is C80H53B2N5O. The summed E-state index contributed by atoms with van der Waals surface area (Å²) in [5.74, 6) is 1.74. The normalized spacial score (nSPS) is 13.0. The third-order valence-corrected chi connectivity index (χ3v) is 18.3. The topological polar surface area (TPSA) is 25.4 Å². The molecule has 88 heavy (non-hydrogen) atoms. The van der Waals surface area contributed by atoms with Crippen molar-refractivity contribution in [3.8, 4) is 11.5 Å². The van der Waals surface area contributed by atoms with Crippen molar-refractivity contribution >= 4 is 153 Å². The standard InChI is InChI=1S/C80H53B2N5O/c1-8-26-56(27-9-1)83(57-28-10-2-11-29-57)63-44-46-65-54(48-63)50-74-77-79(65)86(61-36-18-6-19-37-61)72-53-73-70(52-69(72)81(77)67-40-22-24-42-71(67)85(74)60-34-16-5-17-35-60)82-68-41-23-25-43-75(68)88-76-51-55-49-64(84(58-30-12-3-13-31-58)59-32-14-4-15-33-59)45-47-66(55)80(78(76)82)87(73)62-38-20-7-21-39-62/h1-53H. The van der Waals surface area contributed by atoms with E-state index in [0.29, 0.717) is 0 Å². The van der Waals surface area contributed by atoms with E-state index in [4.69, 9.17) is 4.74 Å². The minimum absolute atomic E-state index is 0.149. The van der Waals surface area contributed by atoms with Gasteiger partial charge < -0.3 is 29.2 Å². The molecule has 0 aromatic heterocycles. The van der Waals surface area contributed by atoms with Crippen LogP contribution in [0.4, 0.5) is 85.3 Å². The van der Waals surface area contributed by atoms with Crippen molar-refractivity contribution in [2.24, 2.45) is 0 Å². The predicted molar refractivity (Wildman–Crippen MR) is 371 cm³/mol. The number of rotatable bonds is 9. The largest absolute Gasteiger partial charge is 0.458 e. The van der Waals surface area contributed by atoms with Crippen LogP contribution in [0.1, 0.15) is 0 Å². The Morgan fingerprint density at radius 3 is 1.15 bits per heavy atom. The van der Waals surface area contributed by atoms with E-state index in [1.807, 2.05) is 0 Å². The van der Waals surface area contributed by atoms with Crippen LogP contribution in [-0.4, -0.2) is 13.4 Å². The first-order chi connectivity index (χ1) is 43.7. The van der Waals surface area contributed by atoms with E-state index >= 15 is 0 Å². The molecule has 18 rings (SSSR count). The number of ether oxygens (including phenoxy) is 1. The molecule has 6 nitrogen and oxygen atoms in total. The number of para-hydroxylation sites is 9. The monoisotopic (exact) mass is 1120 g/mol. The molecule has 4 aliphatic heterocycles. The summed E-state index contributed by atoms with van der Waals surface area (Å²) < 4.78 is 7.26. The van der Waals surface area contributed by atoms with Crippen molar-refractivity contribution in [1.29, 1.82) is 0 Å². The molecule has 0 radical (unpaired) electrons. The van der Waals surface area contributed by atoms with Crippen molar-refractivity contribution in [2.75, 3.05) is 24.5 Å². The number of benzene rings is 14. The number of hydrogen-bond donors (Lipinski definition) is 0. The van der Waals surface area contributed by atoms with Gasteiger partial charge in [0.05, 0.1) is 11.4 Å². The first-order valence-electron chi connectivity index (χ1n) is 30.3. The van der Waals surface area contributed by atoms with Crippen LogP contribution in [0, 0.1) is 0 Å². The molecule has 410 valence electrons. The average molecular weight is 1120 g/mol. The Labute approximate surface area is 512 Å². The maximum atomic E-state index is 7.26. The van der Waals surface area contributed by atoms with Gasteiger partial charge in [0.25, 0.3) is 13.4 Å². The van der Waals surface area contributed by atoms with Crippen LogP contribution >= 0.6 is 0 Å². The first-order valence-corrected chi connectivity index (χ1v) is 30.3. The maximum Gasteiger partial charge on any atom is 0.256 e. The SMILES string of the molecule is c1ccc(N(c2ccccc2)c2ccc3c4c5c(cc3c2)Oc2ccccc2B5c2cc3c(cc2N4c2ccccc2)N(c2ccccc2)c2c4c(cc5cc(N(c6ccccc6)c6ccccc6)ccc25)N(c2ccccc2)c2ccccc2B34)cc1. The molecule has 0 aliphatic carbocycles. The Kier molecular flexibility index (Phi) is 11.4. The third kappa shape index (κ3) is 7.72. The summed E-state index contributed by atoms with van der Waals surface area (Å²) in [6, 6.07) is 118. The summed E-state index contributed by atoms with van der Waals surface area (Å²) >= 11 is 0. The lowest BCUT2D eigenvalue weighted by Gasteiger charge is -2.46. The lowest BCUT2D eigenvalue weighted by Crippen LogP contribution is -2.64. The van der Waals surface area contributed by atoms with Gasteiger partial charge in [-0.3, -0.25) is 0 Å². The van der Waals surface area contributed by atoms with Gasteiger partial charge >= 0.3 is 0 Å². The molecule has 14 aromatic carbocycles. The van der Waals surface area contributed by atoms with E-state index in [-0.39, 0.29) is 13.4 Å². The summed E-state index contributed by atoms with van der Waals surface area (Å²) in [6.07, 6.45) is 0. The Balaban J connectivity index is 0.932. The molecule has 0 saturated heterocycles. The van der Waals surface area contributed by atoms with Gasteiger partial charge in [-0.2, -0.15) is 0 Å². The quantitative estimate of drug-likeness (QED) is 0.134. The predicted octanol–water partition coefficient (Wildman–Crippen LogP) is 17.4. The second-order valence-corrected chi connectivity index (χ2v) is 23.2. The molecule has 0 fully saturated rings. The number of fused-ring (bicyclic) bond motifs is 12. The molecule has 0 atom stereocenters. The molecule has 8 heteroatoms. The van der Waals surface area contributed by atoms with E-state index in [9.17, 15) is 0 Å². The van der Waals surface area contributed by atoms with Gasteiger partial charge in [0.1, 0.15) is 11.5 Å². The van der Waals surface area contributed by atoms with Crippen LogP contribution in [0.15, 0.2) is 322 Å². The second kappa shape index (κ2) is 20.1. The molecule has 4 heterocycles. The molecule has 0 spiro atoms. The van der Waals surface area contributed by atoms with Crippen molar-refractivity contribution in [1.82, 2.24) is 0 Å². The highest BCUT2D eigenvalue weighted by atomic mass is 16.5. The molecule has 4 aliphatic rings. The molecule has 14 aromatic rings. The van der Waals surface area contributed by atoms with Gasteiger partial charge in [-0.05, 0) is 183 Å². The van der Waals surface area contributed by atoms with Crippen LogP contribution < -0.4 is 62.0 Å². The zero-order valence-corrected chi connectivity index (χ0v) is 47.9. The fourth-order valence-corrected chi connectivity index (χ4v) is 14.7. The zero-order chi connectivity index (χ0) is 57.8. The Hall–Kier alpha value is -11.5. The van der Waals surface area contributed by atoms with Gasteiger partial charge in [0.2, 0.25) is 0 Å². The minimum Gasteiger partial charge on any atom is -0.458 e. The van der Waals surface area contributed by atoms with Crippen molar-refractivity contribution in [3.63, 3.8) is 0 Å². The molecular weight excluding hydrogens is 1070 g/mol. The lowest BCUT2D eigenvalue weighted by molar-refractivity contribution is 0.488. The summed E-state index contributed by atoms with van der Waals surface area (Å²) in [6.45, 7) is -0.314. The third-order valence-electron chi connectivity index (χ3n) is 18.3. The Morgan fingerprint density at radius 2 is 0.648 bits per heavy atom. The molecule has 0 saturated carbocycles. The van der Waals surface area contributed by atoms with Gasteiger partial charge in [-0.15, -0.1) is 0 Å². The summed E-state index contributed by atoms with van der Waals surface area (Å²) in [5.41, 5.74) is 24.0. The van der Waals surface area contributed by atoms with Crippen molar-refractivity contribution in [2.45, 2.75) is 0 Å². The van der Waals surface area contributed by atoms with Gasteiger partial charge in [0.15, 0.2) is 0 Å². The number of anilines is 15. The minimum atomic E-state index is -0.165. The smallest absolute Gasteiger partial charge is 0.256 e. The lowest BCUT2D eigenvalue weighted by atomic mass is 9.30. The Bertz CT molecular complexity index is 4960. The van der Waals surface area contributed by atoms with Gasteiger partial charge in [0, 0.05) is 84.7 Å². The van der Waals surface area contributed by atoms with E-state index in [2.05, 4.69) is 346 Å². The van der Waals surface area contributed by atoms with Crippen molar-refractivity contribution in [3.05, 3.63) is 322 Å². The maximum absolute atomic E-state index is 7.26. The molecule has 0 N–H and O–H groups in total. The summed E-state index contributed by atoms with van der Waals surface area (Å²) in [7, 11) is 0. The summed E-state index contributed by atoms with van der Waals surface area (Å²) in [4.78, 5) is 12.4. The fourth-order valence-electron chi connectivity index (χ4n) is 14.7. The molecule has 0 bridgehead atoms. The second-order valence-electron chi connectivity index (χ2n) is 23.2. The van der Waals surface area contributed by atoms with E-state index < -0.39 is 0 Å². The van der Waals surface area contributed by atoms with E-state index in [0.717, 1.165) is 113 Å². The van der Waals surface area contributed by atoms with Crippen LogP contribution in [0.3, 0.4) is 0 Å². The van der Waals surface area contributed by atoms with E-state index in [1.165, 1.54) is 38.6 Å². The zero-order valence-electron chi connectivity index (χ0n) is 47.9. The molecule has 0 amide bonds. The number of nitrogens with zero attached hydrogens (tertiary/aromatic N) is 5. The number of hydrogen-bond acceptors (Lipinski definition) is 6. The van der Waals surface area contributed by atoms with Crippen LogP contribution in [0.5, 0.6) is 11.5 Å². The van der Waals surface area contributed by atoms with Crippen LogP contribution in [0.25, 0.3) is 21.5 Å². The summed E-state index contributed by atoms with van der Waals surface area (Å²) in [5, 5.41) is 4.53. The average Bonchev–Trinajstić information content (AvgIpc) is 0.694. The van der Waals surface area contributed by atoms with Crippen LogP contribution in [0.2, 0.25) is 0 Å². The fraction of sp³-hybridized carbons (Fsp3) is 0. The van der Waals surface area contributed by atoms with E-state index in [1.54, 1.807) is 0 Å². The van der Waals surface area contributed by atoms with Crippen LogP contribution in [-0.2, 0) is 0 Å². The van der Waals surface area contributed by atoms with Gasteiger partial charge in [-0.25, -0.2) is 0 Å². The highest BCUT2D eigenvalue weighted by molar-refractivity contribution is 7.03. The Morgan fingerprint density at radius 1 is 0.250 bits per heavy atom. The highest BCUT2D eigenvalue weighted by Gasteiger charge is 2.48.